The summed E-state index contributed by atoms with van der Waals surface area (Å²) in [7, 11) is 0. The Morgan fingerprint density at radius 2 is 1.95 bits per heavy atom. The van der Waals surface area contributed by atoms with Crippen molar-refractivity contribution in [3.63, 3.8) is 0 Å². The van der Waals surface area contributed by atoms with Crippen LogP contribution in [0.3, 0.4) is 0 Å². The summed E-state index contributed by atoms with van der Waals surface area (Å²) >= 11 is 0. The lowest BCUT2D eigenvalue weighted by Gasteiger charge is -2.09. The molecule has 0 aliphatic heterocycles. The van der Waals surface area contributed by atoms with Crippen LogP contribution in [-0.2, 0) is 16.1 Å². The molecular formula is C17H28N2O3. The van der Waals surface area contributed by atoms with E-state index < -0.39 is 0 Å². The highest BCUT2D eigenvalue weighted by atomic mass is 16.5. The second kappa shape index (κ2) is 12.0. The zero-order valence-corrected chi connectivity index (χ0v) is 13.7. The third kappa shape index (κ3) is 8.64. The molecule has 2 N–H and O–H groups in total. The normalized spacial score (nSPS) is 10.5. The molecule has 0 saturated heterocycles. The first-order chi connectivity index (χ1) is 10.8. The molecule has 0 fully saturated rings. The van der Waals surface area contributed by atoms with Crippen molar-refractivity contribution in [2.24, 2.45) is 0 Å². The number of hydrogen-bond acceptors (Lipinski definition) is 3. The van der Waals surface area contributed by atoms with Crippen molar-refractivity contribution >= 4 is 11.7 Å². The minimum absolute atomic E-state index is 0.162. The van der Waals surface area contributed by atoms with Crippen molar-refractivity contribution in [3.05, 3.63) is 29.8 Å². The number of carbonyl (C=O) groups excluding carboxylic acids is 1. The molecular weight excluding hydrogens is 280 g/mol. The number of rotatable bonds is 11. The van der Waals surface area contributed by atoms with Crippen LogP contribution in [0.15, 0.2) is 24.3 Å². The smallest absolute Gasteiger partial charge is 0.319 e. The summed E-state index contributed by atoms with van der Waals surface area (Å²) in [6, 6.07) is 7.52. The molecule has 0 saturated carbocycles. The molecule has 0 aliphatic rings. The summed E-state index contributed by atoms with van der Waals surface area (Å²) in [4.78, 5) is 11.7. The summed E-state index contributed by atoms with van der Waals surface area (Å²) in [6.45, 7) is 7.21. The Balaban J connectivity index is 2.29. The van der Waals surface area contributed by atoms with Crippen molar-refractivity contribution < 1.29 is 14.3 Å². The van der Waals surface area contributed by atoms with E-state index in [0.29, 0.717) is 33.0 Å². The number of urea groups is 1. The van der Waals surface area contributed by atoms with Crippen LogP contribution in [0.2, 0.25) is 0 Å². The average molecular weight is 308 g/mol. The van der Waals surface area contributed by atoms with Gasteiger partial charge in [0, 0.05) is 18.8 Å². The van der Waals surface area contributed by atoms with Crippen LogP contribution in [-0.4, -0.2) is 32.4 Å². The van der Waals surface area contributed by atoms with Gasteiger partial charge in [0.15, 0.2) is 0 Å². The van der Waals surface area contributed by atoms with Gasteiger partial charge in [-0.2, -0.15) is 0 Å². The van der Waals surface area contributed by atoms with Gasteiger partial charge in [-0.25, -0.2) is 4.79 Å². The molecule has 0 bridgehead atoms. The number of carbonyl (C=O) groups is 1. The highest BCUT2D eigenvalue weighted by Gasteiger charge is 2.02. The maximum Gasteiger partial charge on any atom is 0.319 e. The molecule has 0 radical (unpaired) electrons. The quantitative estimate of drug-likeness (QED) is 0.615. The van der Waals surface area contributed by atoms with Crippen molar-refractivity contribution in [1.29, 1.82) is 0 Å². The molecule has 0 atom stereocenters. The topological polar surface area (TPSA) is 59.6 Å². The molecule has 0 unspecified atom stereocenters. The van der Waals surface area contributed by atoms with Gasteiger partial charge in [0.25, 0.3) is 0 Å². The predicted octanol–water partition coefficient (Wildman–Crippen LogP) is 3.55. The van der Waals surface area contributed by atoms with Crippen LogP contribution in [0, 0.1) is 0 Å². The fourth-order valence-electron chi connectivity index (χ4n) is 1.94. The first-order valence-corrected chi connectivity index (χ1v) is 8.05. The molecule has 5 heteroatoms. The molecule has 0 spiro atoms. The number of nitrogens with one attached hydrogen (secondary N) is 2. The molecule has 1 rings (SSSR count). The van der Waals surface area contributed by atoms with Crippen molar-refractivity contribution in [3.8, 4) is 0 Å². The van der Waals surface area contributed by atoms with Crippen LogP contribution in [0.4, 0.5) is 10.5 Å². The minimum atomic E-state index is -0.162. The van der Waals surface area contributed by atoms with E-state index in [0.717, 1.165) is 30.5 Å². The summed E-state index contributed by atoms with van der Waals surface area (Å²) < 4.78 is 10.7. The SMILES string of the molecule is CCCCCNC(=O)Nc1cccc(COCCOCC)c1. The summed E-state index contributed by atoms with van der Waals surface area (Å²) in [5.74, 6) is 0. The van der Waals surface area contributed by atoms with E-state index in [2.05, 4.69) is 17.6 Å². The Kier molecular flexibility index (Phi) is 10.1. The summed E-state index contributed by atoms with van der Waals surface area (Å²) in [6.07, 6.45) is 3.29. The number of ether oxygens (including phenoxy) is 2. The molecule has 1 aromatic rings. The van der Waals surface area contributed by atoms with E-state index in [1.165, 1.54) is 0 Å². The molecule has 0 heterocycles. The van der Waals surface area contributed by atoms with Gasteiger partial charge < -0.3 is 20.1 Å². The number of anilines is 1. The summed E-state index contributed by atoms with van der Waals surface area (Å²) in [5, 5.41) is 5.69. The molecule has 0 aliphatic carbocycles. The van der Waals surface area contributed by atoms with Crippen molar-refractivity contribution in [2.75, 3.05) is 31.7 Å². The monoisotopic (exact) mass is 308 g/mol. The van der Waals surface area contributed by atoms with E-state index in [4.69, 9.17) is 9.47 Å². The zero-order valence-electron chi connectivity index (χ0n) is 13.7. The lowest BCUT2D eigenvalue weighted by molar-refractivity contribution is 0.0453. The third-order valence-electron chi connectivity index (χ3n) is 3.10. The van der Waals surface area contributed by atoms with Gasteiger partial charge >= 0.3 is 6.03 Å². The number of benzene rings is 1. The second-order valence-electron chi connectivity index (χ2n) is 5.04. The van der Waals surface area contributed by atoms with E-state index in [9.17, 15) is 4.79 Å². The first kappa shape index (κ1) is 18.5. The summed E-state index contributed by atoms with van der Waals surface area (Å²) in [5.41, 5.74) is 1.80. The number of unbranched alkanes of at least 4 members (excludes halogenated alkanes) is 2. The van der Waals surface area contributed by atoms with Crippen molar-refractivity contribution in [2.45, 2.75) is 39.7 Å². The maximum absolute atomic E-state index is 11.7. The van der Waals surface area contributed by atoms with Gasteiger partial charge in [-0.1, -0.05) is 31.9 Å². The fourth-order valence-corrected chi connectivity index (χ4v) is 1.94. The highest BCUT2D eigenvalue weighted by molar-refractivity contribution is 5.89. The van der Waals surface area contributed by atoms with Gasteiger partial charge in [-0.05, 0) is 31.0 Å². The van der Waals surface area contributed by atoms with Crippen LogP contribution in [0.25, 0.3) is 0 Å². The van der Waals surface area contributed by atoms with Gasteiger partial charge in [0.1, 0.15) is 0 Å². The Bertz CT molecular complexity index is 424. The lowest BCUT2D eigenvalue weighted by atomic mass is 10.2. The number of amides is 2. The molecule has 0 aromatic heterocycles. The Morgan fingerprint density at radius 1 is 1.14 bits per heavy atom. The molecule has 2 amide bonds. The predicted molar refractivity (Wildman–Crippen MR) is 89.1 cm³/mol. The fraction of sp³-hybridized carbons (Fsp3) is 0.588. The molecule has 22 heavy (non-hydrogen) atoms. The zero-order chi connectivity index (χ0) is 16.0. The van der Waals surface area contributed by atoms with Gasteiger partial charge in [0.05, 0.1) is 19.8 Å². The first-order valence-electron chi connectivity index (χ1n) is 8.05. The number of hydrogen-bond donors (Lipinski definition) is 2. The third-order valence-corrected chi connectivity index (χ3v) is 3.10. The standard InChI is InChI=1S/C17H28N2O3/c1-3-5-6-10-18-17(20)19-16-9-7-8-15(13-16)14-22-12-11-21-4-2/h7-9,13H,3-6,10-12,14H2,1-2H3,(H2,18,19,20). The Labute approximate surface area is 133 Å². The van der Waals surface area contributed by atoms with Gasteiger partial charge in [0.2, 0.25) is 0 Å². The van der Waals surface area contributed by atoms with E-state index in [1.807, 2.05) is 31.2 Å². The average Bonchev–Trinajstić information content (AvgIpc) is 2.52. The van der Waals surface area contributed by atoms with Crippen LogP contribution >= 0.6 is 0 Å². The minimum Gasteiger partial charge on any atom is -0.379 e. The van der Waals surface area contributed by atoms with Crippen LogP contribution in [0.1, 0.15) is 38.7 Å². The molecule has 124 valence electrons. The Hall–Kier alpha value is -1.59. The van der Waals surface area contributed by atoms with Gasteiger partial charge in [-0.3, -0.25) is 0 Å². The Morgan fingerprint density at radius 3 is 2.73 bits per heavy atom. The largest absolute Gasteiger partial charge is 0.379 e. The molecule has 1 aromatic carbocycles. The van der Waals surface area contributed by atoms with Crippen molar-refractivity contribution in [1.82, 2.24) is 5.32 Å². The maximum atomic E-state index is 11.7. The van der Waals surface area contributed by atoms with Gasteiger partial charge in [-0.15, -0.1) is 0 Å². The van der Waals surface area contributed by atoms with E-state index in [1.54, 1.807) is 0 Å². The lowest BCUT2D eigenvalue weighted by Crippen LogP contribution is -2.29. The highest BCUT2D eigenvalue weighted by Crippen LogP contribution is 2.11. The van der Waals surface area contributed by atoms with Crippen LogP contribution < -0.4 is 10.6 Å². The molecule has 5 nitrogen and oxygen atoms in total. The van der Waals surface area contributed by atoms with E-state index in [-0.39, 0.29) is 6.03 Å². The van der Waals surface area contributed by atoms with E-state index >= 15 is 0 Å². The van der Waals surface area contributed by atoms with Crippen LogP contribution in [0.5, 0.6) is 0 Å². The second-order valence-corrected chi connectivity index (χ2v) is 5.04.